The SMILES string of the molecule is CCCNC(=O)c1csc(CN(CCC)C(=O)C2CC2c2ccccc2)n1. The van der Waals surface area contributed by atoms with Crippen LogP contribution in [0.15, 0.2) is 35.7 Å². The van der Waals surface area contributed by atoms with Crippen LogP contribution in [-0.2, 0) is 11.3 Å². The summed E-state index contributed by atoms with van der Waals surface area (Å²) in [5.41, 5.74) is 1.69. The van der Waals surface area contributed by atoms with Crippen molar-refractivity contribution in [1.29, 1.82) is 0 Å². The summed E-state index contributed by atoms with van der Waals surface area (Å²) in [7, 11) is 0. The van der Waals surface area contributed by atoms with Gasteiger partial charge in [-0.2, -0.15) is 0 Å². The minimum atomic E-state index is -0.140. The molecule has 3 rings (SSSR count). The highest BCUT2D eigenvalue weighted by Gasteiger charge is 2.45. The number of thiazole rings is 1. The van der Waals surface area contributed by atoms with Gasteiger partial charge in [0.15, 0.2) is 0 Å². The van der Waals surface area contributed by atoms with Gasteiger partial charge in [-0.3, -0.25) is 9.59 Å². The maximum Gasteiger partial charge on any atom is 0.270 e. The molecule has 144 valence electrons. The summed E-state index contributed by atoms with van der Waals surface area (Å²) in [5, 5.41) is 5.43. The fourth-order valence-electron chi connectivity index (χ4n) is 3.29. The van der Waals surface area contributed by atoms with Gasteiger partial charge < -0.3 is 10.2 Å². The summed E-state index contributed by atoms with van der Waals surface area (Å²) in [5.74, 6) is 0.480. The second-order valence-corrected chi connectivity index (χ2v) is 7.94. The van der Waals surface area contributed by atoms with Crippen molar-refractivity contribution in [2.45, 2.75) is 45.6 Å². The Hall–Kier alpha value is -2.21. The predicted octanol–water partition coefficient (Wildman–Crippen LogP) is 3.83. The molecule has 6 heteroatoms. The van der Waals surface area contributed by atoms with Gasteiger partial charge in [0, 0.05) is 24.4 Å². The van der Waals surface area contributed by atoms with Gasteiger partial charge in [-0.15, -0.1) is 11.3 Å². The Morgan fingerprint density at radius 2 is 2.00 bits per heavy atom. The molecule has 1 fully saturated rings. The molecule has 2 unspecified atom stereocenters. The van der Waals surface area contributed by atoms with Gasteiger partial charge in [0.05, 0.1) is 6.54 Å². The van der Waals surface area contributed by atoms with Crippen molar-refractivity contribution < 1.29 is 9.59 Å². The van der Waals surface area contributed by atoms with E-state index in [9.17, 15) is 9.59 Å². The third-order valence-corrected chi connectivity index (χ3v) is 5.62. The smallest absolute Gasteiger partial charge is 0.270 e. The van der Waals surface area contributed by atoms with E-state index in [1.165, 1.54) is 16.9 Å². The molecule has 0 bridgehead atoms. The van der Waals surface area contributed by atoms with Gasteiger partial charge in [-0.25, -0.2) is 4.98 Å². The molecule has 1 saturated carbocycles. The van der Waals surface area contributed by atoms with Crippen LogP contribution < -0.4 is 5.32 Å². The van der Waals surface area contributed by atoms with Gasteiger partial charge in [-0.1, -0.05) is 44.2 Å². The molecule has 1 aromatic carbocycles. The monoisotopic (exact) mass is 385 g/mol. The van der Waals surface area contributed by atoms with Crippen molar-refractivity contribution in [2.24, 2.45) is 5.92 Å². The third-order valence-electron chi connectivity index (χ3n) is 4.79. The highest BCUT2D eigenvalue weighted by molar-refractivity contribution is 7.09. The van der Waals surface area contributed by atoms with E-state index in [2.05, 4.69) is 29.4 Å². The van der Waals surface area contributed by atoms with Crippen molar-refractivity contribution in [3.05, 3.63) is 52.0 Å². The van der Waals surface area contributed by atoms with Gasteiger partial charge >= 0.3 is 0 Å². The molecule has 1 N–H and O–H groups in total. The quantitative estimate of drug-likeness (QED) is 0.714. The Balaban J connectivity index is 1.62. The number of benzene rings is 1. The number of hydrogen-bond acceptors (Lipinski definition) is 4. The van der Waals surface area contributed by atoms with Crippen molar-refractivity contribution >= 4 is 23.2 Å². The molecular weight excluding hydrogens is 358 g/mol. The molecule has 0 saturated heterocycles. The summed E-state index contributed by atoms with van der Waals surface area (Å²) in [4.78, 5) is 31.4. The fraction of sp³-hybridized carbons (Fsp3) is 0.476. The van der Waals surface area contributed by atoms with Crippen molar-refractivity contribution in [3.8, 4) is 0 Å². The lowest BCUT2D eigenvalue weighted by atomic mass is 10.1. The molecule has 0 spiro atoms. The summed E-state index contributed by atoms with van der Waals surface area (Å²) in [6, 6.07) is 10.3. The molecule has 1 aliphatic carbocycles. The maximum atomic E-state index is 13.0. The van der Waals surface area contributed by atoms with Crippen molar-refractivity contribution in [1.82, 2.24) is 15.2 Å². The first-order valence-electron chi connectivity index (χ1n) is 9.70. The Kier molecular flexibility index (Phi) is 6.61. The number of hydrogen-bond donors (Lipinski definition) is 1. The van der Waals surface area contributed by atoms with E-state index in [4.69, 9.17) is 0 Å². The molecule has 2 aromatic rings. The standard InChI is InChI=1S/C21H27N3O2S/c1-3-10-22-20(25)18-14-27-19(23-18)13-24(11-4-2)21(26)17-12-16(17)15-8-6-5-7-9-15/h5-9,14,16-17H,3-4,10-13H2,1-2H3,(H,22,25). The summed E-state index contributed by atoms with van der Waals surface area (Å²) < 4.78 is 0. The normalized spacial score (nSPS) is 18.1. The average Bonchev–Trinajstić information content (AvgIpc) is 3.36. The van der Waals surface area contributed by atoms with Crippen LogP contribution in [0.5, 0.6) is 0 Å². The van der Waals surface area contributed by atoms with E-state index >= 15 is 0 Å². The highest BCUT2D eigenvalue weighted by Crippen LogP contribution is 2.48. The first-order valence-corrected chi connectivity index (χ1v) is 10.6. The molecule has 1 aromatic heterocycles. The molecule has 1 heterocycles. The largest absolute Gasteiger partial charge is 0.351 e. The van der Waals surface area contributed by atoms with Gasteiger partial charge in [0.1, 0.15) is 10.7 Å². The van der Waals surface area contributed by atoms with E-state index in [0.717, 1.165) is 24.3 Å². The molecule has 27 heavy (non-hydrogen) atoms. The van der Waals surface area contributed by atoms with Crippen LogP contribution in [0.1, 0.15) is 60.1 Å². The van der Waals surface area contributed by atoms with Crippen LogP contribution in [-0.4, -0.2) is 34.8 Å². The van der Waals surface area contributed by atoms with Crippen LogP contribution in [0.4, 0.5) is 0 Å². The minimum Gasteiger partial charge on any atom is -0.351 e. The Morgan fingerprint density at radius 3 is 2.70 bits per heavy atom. The number of carbonyl (C=O) groups is 2. The Labute approximate surface area is 164 Å². The van der Waals surface area contributed by atoms with Crippen molar-refractivity contribution in [2.75, 3.05) is 13.1 Å². The highest BCUT2D eigenvalue weighted by atomic mass is 32.1. The zero-order valence-corrected chi connectivity index (χ0v) is 16.8. The molecule has 2 atom stereocenters. The van der Waals surface area contributed by atoms with E-state index in [0.29, 0.717) is 31.2 Å². The van der Waals surface area contributed by atoms with E-state index in [1.54, 1.807) is 5.38 Å². The molecule has 0 radical (unpaired) electrons. The van der Waals surface area contributed by atoms with Gasteiger partial charge in [-0.05, 0) is 30.7 Å². The first-order chi connectivity index (χ1) is 13.1. The molecule has 1 aliphatic rings. The lowest BCUT2D eigenvalue weighted by molar-refractivity contribution is -0.133. The van der Waals surface area contributed by atoms with Gasteiger partial charge in [0.2, 0.25) is 5.91 Å². The number of amides is 2. The number of nitrogens with zero attached hydrogens (tertiary/aromatic N) is 2. The number of aromatic nitrogens is 1. The van der Waals surface area contributed by atoms with Crippen LogP contribution in [0.2, 0.25) is 0 Å². The number of nitrogens with one attached hydrogen (secondary N) is 1. The van der Waals surface area contributed by atoms with Gasteiger partial charge in [0.25, 0.3) is 5.91 Å². The topological polar surface area (TPSA) is 62.3 Å². The van der Waals surface area contributed by atoms with E-state index in [-0.39, 0.29) is 17.7 Å². The molecule has 5 nitrogen and oxygen atoms in total. The van der Waals surface area contributed by atoms with Crippen LogP contribution in [0, 0.1) is 5.92 Å². The fourth-order valence-corrected chi connectivity index (χ4v) is 4.08. The lowest BCUT2D eigenvalue weighted by Crippen LogP contribution is -2.33. The molecular formula is C21H27N3O2S. The maximum absolute atomic E-state index is 13.0. The third kappa shape index (κ3) is 4.95. The van der Waals surface area contributed by atoms with Crippen molar-refractivity contribution in [3.63, 3.8) is 0 Å². The van der Waals surface area contributed by atoms with E-state index < -0.39 is 0 Å². The minimum absolute atomic E-state index is 0.0752. The number of carbonyl (C=O) groups excluding carboxylic acids is 2. The zero-order valence-electron chi connectivity index (χ0n) is 16.0. The Morgan fingerprint density at radius 1 is 1.22 bits per heavy atom. The first kappa shape index (κ1) is 19.5. The molecule has 2 amide bonds. The molecule has 0 aliphatic heterocycles. The van der Waals surface area contributed by atoms with Crippen LogP contribution >= 0.6 is 11.3 Å². The lowest BCUT2D eigenvalue weighted by Gasteiger charge is -2.21. The van der Waals surface area contributed by atoms with Crippen LogP contribution in [0.3, 0.4) is 0 Å². The number of rotatable bonds is 9. The summed E-state index contributed by atoms with van der Waals surface area (Å²) in [6.07, 6.45) is 2.72. The second-order valence-electron chi connectivity index (χ2n) is 7.00. The van der Waals surface area contributed by atoms with Crippen LogP contribution in [0.25, 0.3) is 0 Å². The summed E-state index contributed by atoms with van der Waals surface area (Å²) in [6.45, 7) is 5.94. The zero-order chi connectivity index (χ0) is 19.2. The second kappa shape index (κ2) is 9.13. The Bertz CT molecular complexity index is 775. The predicted molar refractivity (Wildman–Crippen MR) is 108 cm³/mol. The average molecular weight is 386 g/mol. The van der Waals surface area contributed by atoms with E-state index in [1.807, 2.05) is 30.0 Å². The summed E-state index contributed by atoms with van der Waals surface area (Å²) >= 11 is 1.45.